The number of halogens is 1. The summed E-state index contributed by atoms with van der Waals surface area (Å²) in [5.41, 5.74) is 6.61. The lowest BCUT2D eigenvalue weighted by Crippen LogP contribution is -2.39. The fourth-order valence-electron chi connectivity index (χ4n) is 3.19. The number of methoxy groups -OCH3 is 1. The van der Waals surface area contributed by atoms with Gasteiger partial charge in [0, 0.05) is 11.6 Å². The van der Waals surface area contributed by atoms with Gasteiger partial charge >= 0.3 is 6.03 Å². The fraction of sp³-hybridized carbons (Fsp3) is 0.381. The van der Waals surface area contributed by atoms with E-state index in [2.05, 4.69) is 5.32 Å². The summed E-state index contributed by atoms with van der Waals surface area (Å²) in [6.45, 7) is 1.46. The minimum absolute atomic E-state index is 0.0986. The Morgan fingerprint density at radius 3 is 2.55 bits per heavy atom. The Labute approximate surface area is 174 Å². The van der Waals surface area contributed by atoms with E-state index in [0.29, 0.717) is 36.3 Å². The molecule has 1 unspecified atom stereocenters. The lowest BCUT2D eigenvalue weighted by atomic mass is 10.0. The van der Waals surface area contributed by atoms with Crippen LogP contribution in [-0.2, 0) is 16.9 Å². The molecule has 0 aromatic heterocycles. The topological polar surface area (TPSA) is 95.3 Å². The molecule has 7 nitrogen and oxygen atoms in total. The van der Waals surface area contributed by atoms with E-state index < -0.39 is 11.6 Å². The number of nitrogens with one attached hydrogen (secondary N) is 1. The molecular weight excluding hydrogens is 396 g/mol. The molecule has 29 heavy (non-hydrogen) atoms. The van der Waals surface area contributed by atoms with Crippen LogP contribution in [0.3, 0.4) is 0 Å². The number of benzene rings is 2. The molecule has 1 heterocycles. The predicted octanol–water partition coefficient (Wildman–Crippen LogP) is 3.36. The normalized spacial score (nSPS) is 18.6. The Hall–Kier alpha value is -2.64. The van der Waals surface area contributed by atoms with Gasteiger partial charge in [0.25, 0.3) is 0 Å². The van der Waals surface area contributed by atoms with Crippen LogP contribution in [0.1, 0.15) is 24.0 Å². The summed E-state index contributed by atoms with van der Waals surface area (Å²) in [4.78, 5) is 11.5. The SMILES string of the molecule is COc1ccc(COc2cc(OCC3CO3)c(C3(NC(N)=O)CC3)cc2Cl)cc1. The Kier molecular flexibility index (Phi) is 5.43. The first-order chi connectivity index (χ1) is 14.0. The van der Waals surface area contributed by atoms with Gasteiger partial charge in [-0.1, -0.05) is 23.7 Å². The van der Waals surface area contributed by atoms with Gasteiger partial charge in [0.05, 0.1) is 24.3 Å². The van der Waals surface area contributed by atoms with Gasteiger partial charge in [0.15, 0.2) is 0 Å². The lowest BCUT2D eigenvalue weighted by Gasteiger charge is -2.22. The van der Waals surface area contributed by atoms with E-state index in [0.717, 1.165) is 29.7 Å². The Bertz CT molecular complexity index is 895. The summed E-state index contributed by atoms with van der Waals surface area (Å²) in [6, 6.07) is 10.6. The van der Waals surface area contributed by atoms with Gasteiger partial charge in [-0.15, -0.1) is 0 Å². The predicted molar refractivity (Wildman–Crippen MR) is 108 cm³/mol. The second-order valence-electron chi connectivity index (χ2n) is 7.25. The van der Waals surface area contributed by atoms with Crippen molar-refractivity contribution in [2.24, 2.45) is 5.73 Å². The first-order valence-corrected chi connectivity index (χ1v) is 9.79. The van der Waals surface area contributed by atoms with E-state index in [1.165, 1.54) is 0 Å². The van der Waals surface area contributed by atoms with Crippen LogP contribution in [0.4, 0.5) is 4.79 Å². The molecule has 0 radical (unpaired) electrons. The molecule has 2 aromatic rings. The smallest absolute Gasteiger partial charge is 0.312 e. The van der Waals surface area contributed by atoms with Crippen LogP contribution in [0.2, 0.25) is 5.02 Å². The van der Waals surface area contributed by atoms with Crippen molar-refractivity contribution < 1.29 is 23.7 Å². The van der Waals surface area contributed by atoms with Gasteiger partial charge < -0.3 is 30.0 Å². The van der Waals surface area contributed by atoms with Crippen LogP contribution in [0.5, 0.6) is 17.2 Å². The first-order valence-electron chi connectivity index (χ1n) is 9.41. The summed E-state index contributed by atoms with van der Waals surface area (Å²) in [7, 11) is 1.63. The quantitative estimate of drug-likeness (QED) is 0.609. The zero-order chi connectivity index (χ0) is 20.4. The second kappa shape index (κ2) is 8.00. The van der Waals surface area contributed by atoms with Crippen molar-refractivity contribution in [1.29, 1.82) is 0 Å². The van der Waals surface area contributed by atoms with Gasteiger partial charge in [0.2, 0.25) is 0 Å². The molecule has 2 aromatic carbocycles. The van der Waals surface area contributed by atoms with Crippen molar-refractivity contribution in [2.75, 3.05) is 20.3 Å². The number of urea groups is 1. The van der Waals surface area contributed by atoms with Crippen molar-refractivity contribution in [3.63, 3.8) is 0 Å². The van der Waals surface area contributed by atoms with Crippen LogP contribution in [0.15, 0.2) is 36.4 Å². The van der Waals surface area contributed by atoms with Crippen molar-refractivity contribution in [1.82, 2.24) is 5.32 Å². The molecule has 1 saturated heterocycles. The molecule has 8 heteroatoms. The number of rotatable bonds is 9. The molecule has 2 fully saturated rings. The average molecular weight is 419 g/mol. The monoisotopic (exact) mass is 418 g/mol. The Balaban J connectivity index is 1.55. The summed E-state index contributed by atoms with van der Waals surface area (Å²) in [5, 5.41) is 3.27. The van der Waals surface area contributed by atoms with Gasteiger partial charge in [-0.3, -0.25) is 0 Å². The average Bonchev–Trinajstić information content (AvgIpc) is 3.62. The summed E-state index contributed by atoms with van der Waals surface area (Å²) in [5.74, 6) is 1.90. The van der Waals surface area contributed by atoms with E-state index in [4.69, 9.17) is 36.3 Å². The maximum atomic E-state index is 11.5. The van der Waals surface area contributed by atoms with E-state index in [-0.39, 0.29) is 6.10 Å². The zero-order valence-electron chi connectivity index (χ0n) is 16.1. The number of hydrogen-bond donors (Lipinski definition) is 2. The standard InChI is InChI=1S/C21H23ClN2O5/c1-26-14-4-2-13(3-5-14)10-28-19-9-18(29-12-15-11-27-15)16(8-17(19)22)21(6-7-21)24-20(23)25/h2-5,8-9,15H,6-7,10-12H2,1H3,(H3,23,24,25). The number of amides is 2. The van der Waals surface area contributed by atoms with Crippen molar-refractivity contribution in [3.05, 3.63) is 52.5 Å². The van der Waals surface area contributed by atoms with E-state index >= 15 is 0 Å². The molecule has 154 valence electrons. The lowest BCUT2D eigenvalue weighted by molar-refractivity contribution is 0.241. The molecule has 4 rings (SSSR count). The first kappa shape index (κ1) is 19.7. The minimum Gasteiger partial charge on any atom is -0.497 e. The number of carbonyl (C=O) groups is 1. The number of primary amides is 1. The molecule has 1 atom stereocenters. The van der Waals surface area contributed by atoms with E-state index in [9.17, 15) is 4.79 Å². The van der Waals surface area contributed by atoms with Gasteiger partial charge in [-0.05, 0) is 36.6 Å². The molecule has 2 amide bonds. The summed E-state index contributed by atoms with van der Waals surface area (Å²) in [6.07, 6.45) is 1.64. The summed E-state index contributed by atoms with van der Waals surface area (Å²) >= 11 is 6.49. The van der Waals surface area contributed by atoms with Gasteiger partial charge in [-0.25, -0.2) is 4.79 Å². The Morgan fingerprint density at radius 2 is 1.97 bits per heavy atom. The van der Waals surface area contributed by atoms with Crippen molar-refractivity contribution in [3.8, 4) is 17.2 Å². The number of hydrogen-bond acceptors (Lipinski definition) is 5. The van der Waals surface area contributed by atoms with Gasteiger partial charge in [-0.2, -0.15) is 0 Å². The van der Waals surface area contributed by atoms with Crippen molar-refractivity contribution in [2.45, 2.75) is 31.1 Å². The Morgan fingerprint density at radius 1 is 1.24 bits per heavy atom. The highest BCUT2D eigenvalue weighted by Gasteiger charge is 2.48. The maximum Gasteiger partial charge on any atom is 0.312 e. The third-order valence-corrected chi connectivity index (χ3v) is 5.34. The third-order valence-electron chi connectivity index (χ3n) is 5.04. The highest BCUT2D eigenvalue weighted by Crippen LogP contribution is 2.51. The number of ether oxygens (including phenoxy) is 4. The molecule has 2 aliphatic rings. The van der Waals surface area contributed by atoms with Crippen LogP contribution >= 0.6 is 11.6 Å². The molecule has 1 aliphatic heterocycles. The molecule has 1 saturated carbocycles. The van der Waals surface area contributed by atoms with Crippen LogP contribution < -0.4 is 25.3 Å². The largest absolute Gasteiger partial charge is 0.497 e. The van der Waals surface area contributed by atoms with Crippen LogP contribution in [0.25, 0.3) is 0 Å². The van der Waals surface area contributed by atoms with Crippen LogP contribution in [-0.4, -0.2) is 32.5 Å². The molecule has 3 N–H and O–H groups in total. The van der Waals surface area contributed by atoms with E-state index in [1.807, 2.05) is 24.3 Å². The van der Waals surface area contributed by atoms with Crippen LogP contribution in [0, 0.1) is 0 Å². The second-order valence-corrected chi connectivity index (χ2v) is 7.66. The minimum atomic E-state index is -0.574. The highest BCUT2D eigenvalue weighted by molar-refractivity contribution is 6.32. The third kappa shape index (κ3) is 4.68. The maximum absolute atomic E-state index is 11.5. The summed E-state index contributed by atoms with van der Waals surface area (Å²) < 4.78 is 22.3. The molecular formula is C21H23ClN2O5. The number of carbonyl (C=O) groups excluding carboxylic acids is 1. The highest BCUT2D eigenvalue weighted by atomic mass is 35.5. The molecule has 0 spiro atoms. The fourth-order valence-corrected chi connectivity index (χ4v) is 3.41. The number of nitrogens with two attached hydrogens (primary N) is 1. The number of epoxide rings is 1. The molecule has 0 bridgehead atoms. The molecule has 1 aliphatic carbocycles. The van der Waals surface area contributed by atoms with Crippen molar-refractivity contribution >= 4 is 17.6 Å². The van der Waals surface area contributed by atoms with Gasteiger partial charge in [0.1, 0.15) is 36.6 Å². The van der Waals surface area contributed by atoms with E-state index in [1.54, 1.807) is 19.2 Å². The zero-order valence-corrected chi connectivity index (χ0v) is 16.8.